The van der Waals surface area contributed by atoms with E-state index in [0.29, 0.717) is 5.02 Å². The van der Waals surface area contributed by atoms with Gasteiger partial charge in [0.15, 0.2) is 5.82 Å². The van der Waals surface area contributed by atoms with E-state index in [1.54, 1.807) is 4.82 Å². The molecule has 3 aromatic rings. The van der Waals surface area contributed by atoms with E-state index in [1.165, 1.54) is 5.56 Å². The van der Waals surface area contributed by atoms with Gasteiger partial charge < -0.3 is 5.32 Å². The Hall–Kier alpha value is -2.23. The van der Waals surface area contributed by atoms with Gasteiger partial charge in [-0.15, -0.1) is 5.10 Å². The van der Waals surface area contributed by atoms with Crippen molar-refractivity contribution >= 4 is 39.5 Å². The van der Waals surface area contributed by atoms with Crippen LogP contribution in [0.1, 0.15) is 43.8 Å². The van der Waals surface area contributed by atoms with E-state index in [1.807, 2.05) is 28.9 Å². The standard InChI is InChI=1S/C26H38ClN5Si2/c1-26(2,3)32-25(29-30-31-32)24(28-22-13-11-10-12-21(22)27)20-16-14-19(15-17-20)18-23(33(4,5)6)34(7,8)9/h10-18,24,28H,1-9H3. The van der Waals surface area contributed by atoms with Crippen LogP contribution in [0.3, 0.4) is 0 Å². The number of hydrogen-bond acceptors (Lipinski definition) is 4. The molecule has 8 heteroatoms. The molecule has 34 heavy (non-hydrogen) atoms. The lowest BCUT2D eigenvalue weighted by molar-refractivity contribution is 0.333. The molecule has 0 bridgehead atoms. The molecule has 0 fully saturated rings. The fourth-order valence-electron chi connectivity index (χ4n) is 4.39. The fraction of sp³-hybridized carbons (Fsp3) is 0.423. The SMILES string of the molecule is CC(C)(C)n1nnnc1C(Nc1ccccc1Cl)c1ccc(C=C([Si](C)(C)C)[Si](C)(C)C)cc1. The Morgan fingerprint density at radius 1 is 0.941 bits per heavy atom. The minimum absolute atomic E-state index is 0.249. The molecule has 0 aliphatic carbocycles. The zero-order valence-electron chi connectivity index (χ0n) is 21.9. The number of benzene rings is 2. The van der Waals surface area contributed by atoms with E-state index in [2.05, 4.69) is 111 Å². The van der Waals surface area contributed by atoms with Crippen molar-refractivity contribution in [2.24, 2.45) is 0 Å². The maximum absolute atomic E-state index is 6.49. The van der Waals surface area contributed by atoms with Gasteiger partial charge in [-0.3, -0.25) is 0 Å². The van der Waals surface area contributed by atoms with Crippen LogP contribution in [0.25, 0.3) is 6.08 Å². The highest BCUT2D eigenvalue weighted by molar-refractivity contribution is 7.05. The van der Waals surface area contributed by atoms with Gasteiger partial charge in [-0.25, -0.2) is 4.68 Å². The zero-order chi connectivity index (χ0) is 25.3. The first kappa shape index (κ1) is 26.4. The second-order valence-electron chi connectivity index (χ2n) is 11.9. The van der Waals surface area contributed by atoms with Crippen molar-refractivity contribution in [2.75, 3.05) is 5.32 Å². The maximum atomic E-state index is 6.49. The van der Waals surface area contributed by atoms with Crippen LogP contribution in [0.15, 0.2) is 53.4 Å². The molecular weight excluding hydrogens is 474 g/mol. The molecule has 3 rings (SSSR count). The summed E-state index contributed by atoms with van der Waals surface area (Å²) in [5, 5.41) is 17.0. The summed E-state index contributed by atoms with van der Waals surface area (Å²) in [5.74, 6) is 0.751. The topological polar surface area (TPSA) is 55.6 Å². The number of hydrogen-bond donors (Lipinski definition) is 1. The predicted octanol–water partition coefficient (Wildman–Crippen LogP) is 7.42. The van der Waals surface area contributed by atoms with E-state index < -0.39 is 16.1 Å². The van der Waals surface area contributed by atoms with Gasteiger partial charge >= 0.3 is 0 Å². The van der Waals surface area contributed by atoms with Crippen LogP contribution in [0.2, 0.25) is 44.3 Å². The van der Waals surface area contributed by atoms with E-state index in [9.17, 15) is 0 Å². The summed E-state index contributed by atoms with van der Waals surface area (Å²) in [7, 11) is -2.81. The highest BCUT2D eigenvalue weighted by Crippen LogP contribution is 2.32. The summed E-state index contributed by atoms with van der Waals surface area (Å²) in [5.41, 5.74) is 2.92. The zero-order valence-corrected chi connectivity index (χ0v) is 24.7. The molecule has 1 heterocycles. The number of rotatable bonds is 7. The molecule has 2 aromatic carbocycles. The number of aromatic nitrogens is 4. The highest BCUT2D eigenvalue weighted by atomic mass is 35.5. The number of tetrazole rings is 1. The van der Waals surface area contributed by atoms with Crippen LogP contribution in [0.5, 0.6) is 0 Å². The van der Waals surface area contributed by atoms with Gasteiger partial charge in [-0.05, 0) is 54.5 Å². The van der Waals surface area contributed by atoms with Crippen LogP contribution in [-0.4, -0.2) is 36.4 Å². The monoisotopic (exact) mass is 511 g/mol. The molecule has 1 aromatic heterocycles. The number of halogens is 1. The van der Waals surface area contributed by atoms with Gasteiger partial charge in [0.1, 0.15) is 6.04 Å². The number of nitrogens with one attached hydrogen (secondary N) is 1. The van der Waals surface area contributed by atoms with Gasteiger partial charge in [0.05, 0.1) is 32.4 Å². The molecule has 0 radical (unpaired) electrons. The molecule has 1 atom stereocenters. The van der Waals surface area contributed by atoms with Gasteiger partial charge in [0.2, 0.25) is 0 Å². The predicted molar refractivity (Wildman–Crippen MR) is 151 cm³/mol. The Morgan fingerprint density at radius 3 is 2.06 bits per heavy atom. The van der Waals surface area contributed by atoms with Gasteiger partial charge in [-0.1, -0.05) is 98.2 Å². The van der Waals surface area contributed by atoms with Crippen molar-refractivity contribution in [1.82, 2.24) is 20.2 Å². The Balaban J connectivity index is 2.07. The van der Waals surface area contributed by atoms with Crippen molar-refractivity contribution in [2.45, 2.75) is 71.6 Å². The Morgan fingerprint density at radius 2 is 1.53 bits per heavy atom. The molecule has 0 spiro atoms. The summed E-state index contributed by atoms with van der Waals surface area (Å²) < 4.78 is 1.88. The summed E-state index contributed by atoms with van der Waals surface area (Å²) in [6.45, 7) is 21.0. The second kappa shape index (κ2) is 9.80. The molecule has 1 unspecified atom stereocenters. The first-order valence-corrected chi connectivity index (χ1v) is 19.2. The Bertz CT molecular complexity index is 1130. The Labute approximate surface area is 211 Å². The largest absolute Gasteiger partial charge is 0.370 e. The number of para-hydroxylation sites is 1. The van der Waals surface area contributed by atoms with E-state index >= 15 is 0 Å². The first-order valence-electron chi connectivity index (χ1n) is 11.8. The van der Waals surface area contributed by atoms with Gasteiger partial charge in [0.25, 0.3) is 0 Å². The lowest BCUT2D eigenvalue weighted by atomic mass is 10.0. The smallest absolute Gasteiger partial charge is 0.178 e. The van der Waals surface area contributed by atoms with Crippen LogP contribution < -0.4 is 5.32 Å². The molecule has 0 aliphatic heterocycles. The highest BCUT2D eigenvalue weighted by Gasteiger charge is 2.31. The summed E-state index contributed by atoms with van der Waals surface area (Å²) in [6, 6.07) is 16.3. The lowest BCUT2D eigenvalue weighted by Crippen LogP contribution is -2.39. The minimum Gasteiger partial charge on any atom is -0.370 e. The number of nitrogens with zero attached hydrogens (tertiary/aromatic N) is 4. The minimum atomic E-state index is -1.40. The average Bonchev–Trinajstić information content (AvgIpc) is 3.20. The van der Waals surface area contributed by atoms with Gasteiger partial charge in [0, 0.05) is 0 Å². The lowest BCUT2D eigenvalue weighted by Gasteiger charge is -2.31. The van der Waals surface area contributed by atoms with Crippen LogP contribution in [0, 0.1) is 0 Å². The molecule has 0 saturated heterocycles. The summed E-state index contributed by atoms with van der Waals surface area (Å²) in [4.78, 5) is 1.69. The Kier molecular flexibility index (Phi) is 7.60. The van der Waals surface area contributed by atoms with Crippen LogP contribution >= 0.6 is 11.6 Å². The first-order chi connectivity index (χ1) is 15.7. The second-order valence-corrected chi connectivity index (χ2v) is 22.9. The van der Waals surface area contributed by atoms with E-state index in [-0.39, 0.29) is 11.6 Å². The molecule has 0 amide bonds. The maximum Gasteiger partial charge on any atom is 0.178 e. The molecule has 1 N–H and O–H groups in total. The van der Waals surface area contributed by atoms with Crippen molar-refractivity contribution < 1.29 is 0 Å². The molecule has 182 valence electrons. The van der Waals surface area contributed by atoms with Crippen molar-refractivity contribution in [3.8, 4) is 0 Å². The normalized spacial score (nSPS) is 13.5. The van der Waals surface area contributed by atoms with E-state index in [4.69, 9.17) is 11.6 Å². The molecule has 5 nitrogen and oxygen atoms in total. The third kappa shape index (κ3) is 6.26. The average molecular weight is 512 g/mol. The fourth-order valence-corrected chi connectivity index (χ4v) is 14.8. The molecular formula is C26H38ClN5Si2. The van der Waals surface area contributed by atoms with Crippen LogP contribution in [0.4, 0.5) is 5.69 Å². The van der Waals surface area contributed by atoms with Crippen LogP contribution in [-0.2, 0) is 5.54 Å². The quantitative estimate of drug-likeness (QED) is 0.335. The number of anilines is 1. The third-order valence-corrected chi connectivity index (χ3v) is 14.1. The molecule has 0 aliphatic rings. The van der Waals surface area contributed by atoms with E-state index in [0.717, 1.165) is 17.1 Å². The van der Waals surface area contributed by atoms with Gasteiger partial charge in [-0.2, -0.15) is 0 Å². The molecule has 0 saturated carbocycles. The van der Waals surface area contributed by atoms with Crippen molar-refractivity contribution in [3.05, 3.63) is 75.3 Å². The third-order valence-electron chi connectivity index (χ3n) is 5.76. The summed E-state index contributed by atoms with van der Waals surface area (Å²) >= 11 is 6.49. The van der Waals surface area contributed by atoms with Crippen molar-refractivity contribution in [1.29, 1.82) is 0 Å². The van der Waals surface area contributed by atoms with Crippen molar-refractivity contribution in [3.63, 3.8) is 0 Å². The summed E-state index contributed by atoms with van der Waals surface area (Å²) in [6.07, 6.45) is 2.44.